The molecule has 1 fully saturated rings. The molecule has 4 N–H and O–H groups in total. The van der Waals surface area contributed by atoms with Gasteiger partial charge in [0.25, 0.3) is 0 Å². The van der Waals surface area contributed by atoms with Gasteiger partial charge in [-0.25, -0.2) is 0 Å². The predicted octanol–water partition coefficient (Wildman–Crippen LogP) is -4.05. The SMILES string of the molecule is [Cl-].[NH3+]C[C@H]1C[C@@H]1C(=O)O. The summed E-state index contributed by atoms with van der Waals surface area (Å²) in [6.07, 6.45) is 0.846. The Balaban J connectivity index is 0.000000640. The van der Waals surface area contributed by atoms with E-state index in [-0.39, 0.29) is 18.3 Å². The number of hydrogen-bond acceptors (Lipinski definition) is 1. The van der Waals surface area contributed by atoms with Crippen molar-refractivity contribution in [2.24, 2.45) is 11.8 Å². The highest BCUT2D eigenvalue weighted by molar-refractivity contribution is 5.73. The number of carboxylic acid groups (broad SMARTS) is 1. The molecule has 0 heterocycles. The summed E-state index contributed by atoms with van der Waals surface area (Å²) in [7, 11) is 0. The summed E-state index contributed by atoms with van der Waals surface area (Å²) in [6.45, 7) is 0.775. The molecule has 3 nitrogen and oxygen atoms in total. The minimum atomic E-state index is -0.654. The van der Waals surface area contributed by atoms with Crippen LogP contribution in [-0.2, 0) is 4.79 Å². The van der Waals surface area contributed by atoms with Gasteiger partial charge < -0.3 is 23.2 Å². The molecule has 54 valence electrons. The Hall–Kier alpha value is -0.280. The molecular formula is C5H10ClNO2. The first-order chi connectivity index (χ1) is 3.75. The van der Waals surface area contributed by atoms with Crippen molar-refractivity contribution in [2.45, 2.75) is 6.42 Å². The number of aliphatic carboxylic acids is 1. The zero-order chi connectivity index (χ0) is 6.15. The van der Waals surface area contributed by atoms with Crippen LogP contribution in [0.4, 0.5) is 0 Å². The largest absolute Gasteiger partial charge is 1.00 e. The molecule has 1 saturated carbocycles. The fourth-order valence-corrected chi connectivity index (χ4v) is 0.869. The average molecular weight is 152 g/mol. The van der Waals surface area contributed by atoms with Gasteiger partial charge in [-0.05, 0) is 6.42 Å². The Morgan fingerprint density at radius 2 is 2.33 bits per heavy atom. The summed E-state index contributed by atoms with van der Waals surface area (Å²) in [4.78, 5) is 10.1. The summed E-state index contributed by atoms with van der Waals surface area (Å²) in [5.41, 5.74) is 3.62. The zero-order valence-electron chi connectivity index (χ0n) is 5.01. The third-order valence-electron chi connectivity index (χ3n) is 1.61. The first kappa shape index (κ1) is 8.72. The van der Waals surface area contributed by atoms with Crippen molar-refractivity contribution in [2.75, 3.05) is 6.54 Å². The van der Waals surface area contributed by atoms with Crippen LogP contribution in [0.2, 0.25) is 0 Å². The molecule has 2 atom stereocenters. The molecule has 4 heteroatoms. The van der Waals surface area contributed by atoms with Gasteiger partial charge in [0.2, 0.25) is 0 Å². The Bertz CT molecular complexity index is 118. The molecule has 0 radical (unpaired) electrons. The summed E-state index contributed by atoms with van der Waals surface area (Å²) < 4.78 is 0. The quantitative estimate of drug-likeness (QED) is 0.422. The number of carboxylic acids is 1. The molecule has 0 amide bonds. The fraction of sp³-hybridized carbons (Fsp3) is 0.800. The van der Waals surface area contributed by atoms with E-state index in [1.165, 1.54) is 0 Å². The highest BCUT2D eigenvalue weighted by atomic mass is 35.5. The molecular weight excluding hydrogens is 142 g/mol. The van der Waals surface area contributed by atoms with E-state index in [0.717, 1.165) is 13.0 Å². The Kier molecular flexibility index (Phi) is 2.94. The fourth-order valence-electron chi connectivity index (χ4n) is 0.869. The van der Waals surface area contributed by atoms with Crippen LogP contribution in [0, 0.1) is 11.8 Å². The molecule has 0 aromatic heterocycles. The van der Waals surface area contributed by atoms with Gasteiger partial charge in [-0.2, -0.15) is 0 Å². The summed E-state index contributed by atoms with van der Waals surface area (Å²) in [5, 5.41) is 8.33. The summed E-state index contributed by atoms with van der Waals surface area (Å²) in [6, 6.07) is 0. The van der Waals surface area contributed by atoms with E-state index in [0.29, 0.717) is 5.92 Å². The van der Waals surface area contributed by atoms with Crippen LogP contribution >= 0.6 is 0 Å². The smallest absolute Gasteiger partial charge is 0.307 e. The Morgan fingerprint density at radius 3 is 2.44 bits per heavy atom. The second-order valence-electron chi connectivity index (χ2n) is 2.23. The minimum Gasteiger partial charge on any atom is -1.00 e. The lowest BCUT2D eigenvalue weighted by Crippen LogP contribution is -3.00. The van der Waals surface area contributed by atoms with Crippen molar-refractivity contribution in [1.29, 1.82) is 0 Å². The van der Waals surface area contributed by atoms with Crippen LogP contribution in [0.5, 0.6) is 0 Å². The van der Waals surface area contributed by atoms with E-state index >= 15 is 0 Å². The van der Waals surface area contributed by atoms with E-state index < -0.39 is 5.97 Å². The van der Waals surface area contributed by atoms with Gasteiger partial charge >= 0.3 is 5.97 Å². The first-order valence-electron chi connectivity index (χ1n) is 2.77. The maximum atomic E-state index is 10.1. The molecule has 0 unspecified atom stereocenters. The van der Waals surface area contributed by atoms with Crippen LogP contribution in [-0.4, -0.2) is 17.6 Å². The van der Waals surface area contributed by atoms with Crippen LogP contribution in [0.15, 0.2) is 0 Å². The van der Waals surface area contributed by atoms with Gasteiger partial charge in [0.1, 0.15) is 0 Å². The minimum absolute atomic E-state index is 0. The third-order valence-corrected chi connectivity index (χ3v) is 1.61. The number of halogens is 1. The lowest BCUT2D eigenvalue weighted by Gasteiger charge is -1.83. The second kappa shape index (κ2) is 3.03. The predicted molar refractivity (Wildman–Crippen MR) is 27.0 cm³/mol. The lowest BCUT2D eigenvalue weighted by molar-refractivity contribution is -0.373. The summed E-state index contributed by atoms with van der Waals surface area (Å²) >= 11 is 0. The molecule has 0 aromatic carbocycles. The van der Waals surface area contributed by atoms with Gasteiger partial charge in [0.15, 0.2) is 0 Å². The highest BCUT2D eigenvalue weighted by Crippen LogP contribution is 2.36. The van der Waals surface area contributed by atoms with Crippen molar-refractivity contribution in [1.82, 2.24) is 0 Å². The molecule has 0 spiro atoms. The van der Waals surface area contributed by atoms with Crippen LogP contribution in [0.25, 0.3) is 0 Å². The van der Waals surface area contributed by atoms with E-state index in [9.17, 15) is 4.79 Å². The highest BCUT2D eigenvalue weighted by Gasteiger charge is 2.43. The number of carbonyl (C=O) groups is 1. The van der Waals surface area contributed by atoms with Gasteiger partial charge in [-0.3, -0.25) is 4.79 Å². The number of hydrogen-bond donors (Lipinski definition) is 2. The second-order valence-corrected chi connectivity index (χ2v) is 2.23. The molecule has 1 rings (SSSR count). The first-order valence-corrected chi connectivity index (χ1v) is 2.77. The van der Waals surface area contributed by atoms with Crippen LogP contribution < -0.4 is 18.1 Å². The molecule has 0 aromatic rings. The Morgan fingerprint density at radius 1 is 1.78 bits per heavy atom. The van der Waals surface area contributed by atoms with Crippen molar-refractivity contribution in [3.05, 3.63) is 0 Å². The van der Waals surface area contributed by atoms with Crippen molar-refractivity contribution in [3.8, 4) is 0 Å². The summed E-state index contributed by atoms with van der Waals surface area (Å²) in [5.74, 6) is -0.335. The third kappa shape index (κ3) is 1.84. The van der Waals surface area contributed by atoms with Crippen LogP contribution in [0.3, 0.4) is 0 Å². The molecule has 1 aliphatic rings. The van der Waals surface area contributed by atoms with E-state index in [2.05, 4.69) is 5.73 Å². The van der Waals surface area contributed by atoms with E-state index in [1.54, 1.807) is 0 Å². The molecule has 0 bridgehead atoms. The molecule has 9 heavy (non-hydrogen) atoms. The van der Waals surface area contributed by atoms with E-state index in [4.69, 9.17) is 5.11 Å². The van der Waals surface area contributed by atoms with Crippen molar-refractivity contribution >= 4 is 5.97 Å². The van der Waals surface area contributed by atoms with Crippen molar-refractivity contribution in [3.63, 3.8) is 0 Å². The van der Waals surface area contributed by atoms with E-state index in [1.807, 2.05) is 0 Å². The molecule has 0 saturated heterocycles. The lowest BCUT2D eigenvalue weighted by atomic mass is 10.3. The monoisotopic (exact) mass is 151 g/mol. The number of rotatable bonds is 2. The van der Waals surface area contributed by atoms with Gasteiger partial charge in [-0.1, -0.05) is 0 Å². The average Bonchev–Trinajstić information content (AvgIpc) is 2.42. The maximum Gasteiger partial charge on any atom is 0.307 e. The molecule has 0 aliphatic heterocycles. The van der Waals surface area contributed by atoms with Gasteiger partial charge in [-0.15, -0.1) is 0 Å². The zero-order valence-corrected chi connectivity index (χ0v) is 5.77. The van der Waals surface area contributed by atoms with Gasteiger partial charge in [0.05, 0.1) is 12.5 Å². The molecule has 1 aliphatic carbocycles. The standard InChI is InChI=1S/C5H9NO2.ClH/c6-2-3-1-4(3)5(7)8;/h3-4H,1-2,6H2,(H,7,8);1H/t3-,4+;/m1./s1. The Labute approximate surface area is 59.6 Å². The topological polar surface area (TPSA) is 64.9 Å². The number of quaternary nitrogens is 1. The maximum absolute atomic E-state index is 10.1. The van der Waals surface area contributed by atoms with Crippen LogP contribution in [0.1, 0.15) is 6.42 Å². The normalized spacial score (nSPS) is 30.8. The van der Waals surface area contributed by atoms with Crippen molar-refractivity contribution < 1.29 is 28.0 Å². The van der Waals surface area contributed by atoms with Gasteiger partial charge in [0, 0.05) is 5.92 Å².